The summed E-state index contributed by atoms with van der Waals surface area (Å²) in [4.78, 5) is 31.5. The molecule has 1 N–H and O–H groups in total. The zero-order valence-electron chi connectivity index (χ0n) is 24.0. The van der Waals surface area contributed by atoms with Gasteiger partial charge in [-0.25, -0.2) is 0 Å². The highest BCUT2D eigenvalue weighted by molar-refractivity contribution is 6.32. The van der Waals surface area contributed by atoms with Gasteiger partial charge >= 0.3 is 0 Å². The largest absolute Gasteiger partial charge is 0.369 e. The van der Waals surface area contributed by atoms with Gasteiger partial charge in [0.05, 0.1) is 6.42 Å². The summed E-state index contributed by atoms with van der Waals surface area (Å²) >= 11 is 13.2. The first kappa shape index (κ1) is 29.8. The van der Waals surface area contributed by atoms with Gasteiger partial charge in [0.1, 0.15) is 0 Å². The number of Topliss-reactive ketones (excluding diaryl/α,β-unsaturated/α-hetero) is 1. The number of allylic oxidation sites excluding steroid dienone is 3. The van der Waals surface area contributed by atoms with Crippen molar-refractivity contribution in [1.29, 1.82) is 0 Å². The molecule has 1 heterocycles. The number of rotatable bonds is 8. The minimum absolute atomic E-state index is 0.0333. The van der Waals surface area contributed by atoms with Crippen LogP contribution in [0.4, 0.5) is 5.69 Å². The molecule has 0 aromatic heterocycles. The zero-order valence-corrected chi connectivity index (χ0v) is 25.5. The number of piperazine rings is 1. The summed E-state index contributed by atoms with van der Waals surface area (Å²) in [5, 5.41) is 4.15. The van der Waals surface area contributed by atoms with E-state index in [-0.39, 0.29) is 24.5 Å². The van der Waals surface area contributed by atoms with Crippen molar-refractivity contribution in [3.8, 4) is 0 Å². The second-order valence-corrected chi connectivity index (χ2v) is 11.5. The molecule has 1 aliphatic heterocycles. The van der Waals surface area contributed by atoms with Gasteiger partial charge in [-0.1, -0.05) is 65.7 Å². The maximum Gasteiger partial charge on any atom is 0.228 e. The zero-order chi connectivity index (χ0) is 29.6. The lowest BCUT2D eigenvalue weighted by atomic mass is 9.79. The number of fused-ring (bicyclic) bond motifs is 1. The molecule has 1 saturated heterocycles. The summed E-state index contributed by atoms with van der Waals surface area (Å²) in [6.45, 7) is 8.18. The lowest BCUT2D eigenvalue weighted by Gasteiger charge is -2.36. The fourth-order valence-electron chi connectivity index (χ4n) is 5.70. The van der Waals surface area contributed by atoms with E-state index in [1.165, 1.54) is 5.69 Å². The minimum Gasteiger partial charge on any atom is -0.369 e. The van der Waals surface area contributed by atoms with Crippen molar-refractivity contribution in [2.75, 3.05) is 31.1 Å². The number of para-hydroxylation sites is 1. The summed E-state index contributed by atoms with van der Waals surface area (Å²) in [5.74, 6) is -0.320. The van der Waals surface area contributed by atoms with Gasteiger partial charge in [-0.05, 0) is 84.1 Å². The third-order valence-corrected chi connectivity index (χ3v) is 8.40. The van der Waals surface area contributed by atoms with Gasteiger partial charge in [0.15, 0.2) is 5.78 Å². The Bertz CT molecular complexity index is 1570. The molecule has 1 aliphatic carbocycles. The van der Waals surface area contributed by atoms with E-state index in [1.54, 1.807) is 6.07 Å². The molecule has 3 aromatic rings. The van der Waals surface area contributed by atoms with E-state index in [0.717, 1.165) is 54.0 Å². The van der Waals surface area contributed by atoms with Gasteiger partial charge in [0, 0.05) is 66.1 Å². The molecule has 216 valence electrons. The fourth-order valence-corrected chi connectivity index (χ4v) is 6.14. The molecule has 3 aromatic carbocycles. The van der Waals surface area contributed by atoms with Crippen molar-refractivity contribution in [2.45, 2.75) is 33.2 Å². The summed E-state index contributed by atoms with van der Waals surface area (Å²) < 4.78 is 0. The maximum atomic E-state index is 13.5. The number of benzene rings is 3. The highest BCUT2D eigenvalue weighted by Gasteiger charge is 2.29. The Labute approximate surface area is 258 Å². The standard InChI is InChI=1S/C35H35Cl2N3O2/c1-3-9-28(4-2)38-34(42)22-31-33(41)21-25-20-32(37)26(19-30(25)35(31)24-10-8-11-27(36)18-24)23-39-14-16-40(17-15-39)29-12-6-5-7-13-29/h3-13,18-20H,14-17,21-23H2,1-2H3,(H,38,42)/b9-3-,28-4+. The van der Waals surface area contributed by atoms with Crippen LogP contribution < -0.4 is 10.2 Å². The number of halogens is 2. The summed E-state index contributed by atoms with van der Waals surface area (Å²) in [6.07, 6.45) is 5.69. The van der Waals surface area contributed by atoms with Crippen LogP contribution in [0.25, 0.3) is 5.57 Å². The van der Waals surface area contributed by atoms with Crippen LogP contribution >= 0.6 is 23.2 Å². The first-order valence-corrected chi connectivity index (χ1v) is 15.1. The Kier molecular flexibility index (Phi) is 9.63. The molecule has 5 rings (SSSR count). The topological polar surface area (TPSA) is 52.7 Å². The predicted octanol–water partition coefficient (Wildman–Crippen LogP) is 7.23. The van der Waals surface area contributed by atoms with Crippen molar-refractivity contribution in [1.82, 2.24) is 10.2 Å². The molecule has 0 radical (unpaired) electrons. The first-order valence-electron chi connectivity index (χ1n) is 14.3. The summed E-state index contributed by atoms with van der Waals surface area (Å²) in [5.41, 5.74) is 6.79. The normalized spacial score (nSPS) is 16.2. The number of ketones is 1. The van der Waals surface area contributed by atoms with Crippen molar-refractivity contribution in [3.05, 3.63) is 129 Å². The van der Waals surface area contributed by atoms with Crippen molar-refractivity contribution in [3.63, 3.8) is 0 Å². The Morgan fingerprint density at radius 3 is 2.40 bits per heavy atom. The van der Waals surface area contributed by atoms with Crippen LogP contribution in [-0.2, 0) is 22.6 Å². The molecular formula is C35H35Cl2N3O2. The Morgan fingerprint density at radius 2 is 1.71 bits per heavy atom. The van der Waals surface area contributed by atoms with E-state index >= 15 is 0 Å². The third kappa shape index (κ3) is 6.87. The quantitative estimate of drug-likeness (QED) is 0.277. The monoisotopic (exact) mass is 599 g/mol. The molecule has 2 aliphatic rings. The van der Waals surface area contributed by atoms with Crippen molar-refractivity contribution >= 4 is 46.2 Å². The van der Waals surface area contributed by atoms with Gasteiger partial charge in [-0.15, -0.1) is 0 Å². The molecule has 0 bridgehead atoms. The number of hydrogen-bond donors (Lipinski definition) is 1. The molecular weight excluding hydrogens is 565 g/mol. The smallest absolute Gasteiger partial charge is 0.228 e. The fraction of sp³-hybridized carbons (Fsp3) is 0.257. The SMILES string of the molecule is C/C=C\C(=C/C)NC(=O)CC1=C(c2cccc(Cl)c2)c2cc(CN3CCN(c4ccccc4)CC3)c(Cl)cc2CC1=O. The van der Waals surface area contributed by atoms with Crippen molar-refractivity contribution < 1.29 is 9.59 Å². The van der Waals surface area contributed by atoms with Crippen LogP contribution in [0, 0.1) is 0 Å². The molecule has 0 unspecified atom stereocenters. The molecule has 1 fully saturated rings. The number of amides is 1. The van der Waals surface area contributed by atoms with Crippen LogP contribution in [0.5, 0.6) is 0 Å². The molecule has 42 heavy (non-hydrogen) atoms. The number of carbonyl (C=O) groups is 2. The third-order valence-electron chi connectivity index (χ3n) is 7.81. The van der Waals surface area contributed by atoms with Crippen LogP contribution in [-0.4, -0.2) is 42.8 Å². The maximum absolute atomic E-state index is 13.5. The number of anilines is 1. The van der Waals surface area contributed by atoms with E-state index in [0.29, 0.717) is 27.9 Å². The van der Waals surface area contributed by atoms with Gasteiger partial charge in [0.25, 0.3) is 0 Å². The summed E-state index contributed by atoms with van der Waals surface area (Å²) in [7, 11) is 0. The van der Waals surface area contributed by atoms with Crippen molar-refractivity contribution in [2.24, 2.45) is 0 Å². The van der Waals surface area contributed by atoms with Crippen LogP contribution in [0.2, 0.25) is 10.0 Å². The van der Waals surface area contributed by atoms with E-state index in [9.17, 15) is 9.59 Å². The van der Waals surface area contributed by atoms with Gasteiger partial charge < -0.3 is 10.2 Å². The second kappa shape index (κ2) is 13.6. The van der Waals surface area contributed by atoms with Crippen LogP contribution in [0.3, 0.4) is 0 Å². The lowest BCUT2D eigenvalue weighted by Crippen LogP contribution is -2.46. The first-order chi connectivity index (χ1) is 20.4. The Hall–Kier alpha value is -3.64. The van der Waals surface area contributed by atoms with E-state index in [4.69, 9.17) is 23.2 Å². The highest BCUT2D eigenvalue weighted by Crippen LogP contribution is 2.39. The van der Waals surface area contributed by atoms with Gasteiger partial charge in [0.2, 0.25) is 5.91 Å². The Balaban J connectivity index is 1.46. The lowest BCUT2D eigenvalue weighted by molar-refractivity contribution is -0.121. The number of hydrogen-bond acceptors (Lipinski definition) is 4. The Morgan fingerprint density at radius 1 is 0.952 bits per heavy atom. The van der Waals surface area contributed by atoms with E-state index < -0.39 is 0 Å². The second-order valence-electron chi connectivity index (χ2n) is 10.6. The number of nitrogens with zero attached hydrogens (tertiary/aromatic N) is 2. The van der Waals surface area contributed by atoms with E-state index in [1.807, 2.05) is 62.4 Å². The number of carbonyl (C=O) groups excluding carboxylic acids is 2. The van der Waals surface area contributed by atoms with Gasteiger partial charge in [-0.3, -0.25) is 14.5 Å². The minimum atomic E-state index is -0.238. The van der Waals surface area contributed by atoms with Gasteiger partial charge in [-0.2, -0.15) is 0 Å². The molecule has 5 nitrogen and oxygen atoms in total. The molecule has 0 atom stereocenters. The average molecular weight is 601 g/mol. The molecule has 1 amide bonds. The van der Waals surface area contributed by atoms with Crippen LogP contribution in [0.15, 0.2) is 96.2 Å². The molecule has 7 heteroatoms. The predicted molar refractivity (Wildman–Crippen MR) is 173 cm³/mol. The van der Waals surface area contributed by atoms with Crippen LogP contribution in [0.1, 0.15) is 42.5 Å². The average Bonchev–Trinajstić information content (AvgIpc) is 2.99. The van der Waals surface area contributed by atoms with E-state index in [2.05, 4.69) is 45.4 Å². The molecule has 0 spiro atoms. The summed E-state index contributed by atoms with van der Waals surface area (Å²) in [6, 6.07) is 22.0. The number of nitrogens with one attached hydrogen (secondary N) is 1. The highest BCUT2D eigenvalue weighted by atomic mass is 35.5. The molecule has 0 saturated carbocycles.